The zero-order valence-corrected chi connectivity index (χ0v) is 12.1. The van der Waals surface area contributed by atoms with Crippen molar-refractivity contribution in [3.8, 4) is 5.75 Å². The van der Waals surface area contributed by atoms with Gasteiger partial charge in [0, 0.05) is 12.6 Å². The fourth-order valence-corrected chi connectivity index (χ4v) is 1.71. The molecule has 0 aromatic heterocycles. The van der Waals surface area contributed by atoms with E-state index in [2.05, 4.69) is 5.32 Å². The SMILES string of the molecule is O=C(COc1cc(Cl)c(Cl)cc1Cl)NCC(O)C(F)F. The Morgan fingerprint density at radius 1 is 1.25 bits per heavy atom. The minimum atomic E-state index is -2.93. The summed E-state index contributed by atoms with van der Waals surface area (Å²) in [5, 5.41) is 11.5. The van der Waals surface area contributed by atoms with Crippen LogP contribution in [0.3, 0.4) is 0 Å². The zero-order valence-electron chi connectivity index (χ0n) is 9.88. The van der Waals surface area contributed by atoms with Crippen LogP contribution in [0.5, 0.6) is 5.75 Å². The molecule has 4 nitrogen and oxygen atoms in total. The highest BCUT2D eigenvalue weighted by Crippen LogP contribution is 2.33. The molecular formula is C11H10Cl3F2NO3. The van der Waals surface area contributed by atoms with Gasteiger partial charge in [-0.15, -0.1) is 0 Å². The lowest BCUT2D eigenvalue weighted by atomic mass is 10.3. The van der Waals surface area contributed by atoms with Crippen LogP contribution in [-0.4, -0.2) is 36.7 Å². The number of benzene rings is 1. The highest BCUT2D eigenvalue weighted by atomic mass is 35.5. The maximum Gasteiger partial charge on any atom is 0.265 e. The molecule has 1 aromatic rings. The van der Waals surface area contributed by atoms with Gasteiger partial charge in [-0.3, -0.25) is 4.79 Å². The van der Waals surface area contributed by atoms with Crippen molar-refractivity contribution in [2.45, 2.75) is 12.5 Å². The Morgan fingerprint density at radius 2 is 1.85 bits per heavy atom. The minimum Gasteiger partial charge on any atom is -0.482 e. The van der Waals surface area contributed by atoms with E-state index in [0.29, 0.717) is 0 Å². The average Bonchev–Trinajstić information content (AvgIpc) is 2.38. The third-order valence-electron chi connectivity index (χ3n) is 2.13. The van der Waals surface area contributed by atoms with E-state index >= 15 is 0 Å². The maximum atomic E-state index is 12.0. The first-order valence-electron chi connectivity index (χ1n) is 5.31. The molecule has 20 heavy (non-hydrogen) atoms. The fourth-order valence-electron chi connectivity index (χ4n) is 1.12. The molecule has 1 amide bonds. The van der Waals surface area contributed by atoms with Gasteiger partial charge in [0.25, 0.3) is 12.3 Å². The van der Waals surface area contributed by atoms with Gasteiger partial charge in [-0.2, -0.15) is 0 Å². The monoisotopic (exact) mass is 347 g/mol. The van der Waals surface area contributed by atoms with Crippen molar-refractivity contribution in [1.29, 1.82) is 0 Å². The Hall–Kier alpha value is -0.820. The molecule has 0 saturated carbocycles. The molecule has 0 spiro atoms. The number of ether oxygens (including phenoxy) is 1. The Balaban J connectivity index is 2.47. The lowest BCUT2D eigenvalue weighted by molar-refractivity contribution is -0.124. The molecule has 112 valence electrons. The highest BCUT2D eigenvalue weighted by Gasteiger charge is 2.17. The molecule has 0 aliphatic rings. The van der Waals surface area contributed by atoms with Gasteiger partial charge in [0.05, 0.1) is 15.1 Å². The summed E-state index contributed by atoms with van der Waals surface area (Å²) in [6.07, 6.45) is -4.85. The summed E-state index contributed by atoms with van der Waals surface area (Å²) in [7, 11) is 0. The van der Waals surface area contributed by atoms with Crippen LogP contribution in [0, 0.1) is 0 Å². The predicted molar refractivity (Wildman–Crippen MR) is 72.0 cm³/mol. The second-order valence-corrected chi connectivity index (χ2v) is 4.91. The Kier molecular flexibility index (Phi) is 6.75. The standard InChI is InChI=1S/C11H10Cl3F2NO3/c12-5-1-7(14)9(2-6(5)13)20-4-10(19)17-3-8(18)11(15)16/h1-2,8,11,18H,3-4H2,(H,17,19). The van der Waals surface area contributed by atoms with Crippen molar-refractivity contribution in [1.82, 2.24) is 5.32 Å². The number of aliphatic hydroxyl groups excluding tert-OH is 1. The summed E-state index contributed by atoms with van der Waals surface area (Å²) in [6.45, 7) is -1.04. The van der Waals surface area contributed by atoms with Gasteiger partial charge in [0.15, 0.2) is 6.61 Å². The summed E-state index contributed by atoms with van der Waals surface area (Å²) in [6, 6.07) is 2.67. The number of amides is 1. The first kappa shape index (κ1) is 17.2. The van der Waals surface area contributed by atoms with E-state index in [-0.39, 0.29) is 20.8 Å². The van der Waals surface area contributed by atoms with Crippen molar-refractivity contribution in [3.05, 3.63) is 27.2 Å². The van der Waals surface area contributed by atoms with E-state index < -0.39 is 31.6 Å². The summed E-state index contributed by atoms with van der Waals surface area (Å²) in [5.41, 5.74) is 0. The molecule has 1 unspecified atom stereocenters. The van der Waals surface area contributed by atoms with E-state index in [4.69, 9.17) is 44.6 Å². The van der Waals surface area contributed by atoms with Crippen LogP contribution in [0.1, 0.15) is 0 Å². The van der Waals surface area contributed by atoms with Crippen LogP contribution < -0.4 is 10.1 Å². The topological polar surface area (TPSA) is 58.6 Å². The van der Waals surface area contributed by atoms with Gasteiger partial charge in [-0.25, -0.2) is 8.78 Å². The molecule has 0 bridgehead atoms. The molecule has 0 aliphatic carbocycles. The minimum absolute atomic E-state index is 0.130. The van der Waals surface area contributed by atoms with Gasteiger partial charge in [-0.1, -0.05) is 34.8 Å². The van der Waals surface area contributed by atoms with Crippen LogP contribution in [0.15, 0.2) is 12.1 Å². The normalized spacial score (nSPS) is 12.3. The van der Waals surface area contributed by atoms with Crippen molar-refractivity contribution in [2.24, 2.45) is 0 Å². The molecule has 0 aliphatic heterocycles. The molecule has 1 rings (SSSR count). The highest BCUT2D eigenvalue weighted by molar-refractivity contribution is 6.43. The largest absolute Gasteiger partial charge is 0.482 e. The van der Waals surface area contributed by atoms with Crippen LogP contribution in [0.2, 0.25) is 15.1 Å². The molecule has 1 aromatic carbocycles. The zero-order chi connectivity index (χ0) is 15.3. The molecule has 0 radical (unpaired) electrons. The Morgan fingerprint density at radius 3 is 2.45 bits per heavy atom. The van der Waals surface area contributed by atoms with Gasteiger partial charge in [-0.05, 0) is 6.07 Å². The summed E-state index contributed by atoms with van der Waals surface area (Å²) < 4.78 is 29.0. The summed E-state index contributed by atoms with van der Waals surface area (Å²) in [4.78, 5) is 11.3. The Labute approximate surface area is 128 Å². The van der Waals surface area contributed by atoms with E-state index in [9.17, 15) is 13.6 Å². The number of carbonyl (C=O) groups is 1. The Bertz CT molecular complexity index is 488. The number of alkyl halides is 2. The molecule has 9 heteroatoms. The van der Waals surface area contributed by atoms with Gasteiger partial charge >= 0.3 is 0 Å². The second-order valence-electron chi connectivity index (χ2n) is 3.69. The average molecular weight is 349 g/mol. The smallest absolute Gasteiger partial charge is 0.265 e. The van der Waals surface area contributed by atoms with Crippen molar-refractivity contribution >= 4 is 40.7 Å². The van der Waals surface area contributed by atoms with E-state index in [1.54, 1.807) is 0 Å². The first-order chi connectivity index (χ1) is 9.31. The van der Waals surface area contributed by atoms with Gasteiger partial charge < -0.3 is 15.2 Å². The lowest BCUT2D eigenvalue weighted by Gasteiger charge is -2.12. The van der Waals surface area contributed by atoms with Crippen molar-refractivity contribution < 1.29 is 23.4 Å². The van der Waals surface area contributed by atoms with Gasteiger partial charge in [0.1, 0.15) is 11.9 Å². The molecular weight excluding hydrogens is 338 g/mol. The number of halogens is 5. The number of aliphatic hydroxyl groups is 1. The molecule has 1 atom stereocenters. The number of rotatable bonds is 6. The number of hydrogen-bond donors (Lipinski definition) is 2. The third kappa shape index (κ3) is 5.28. The fraction of sp³-hybridized carbons (Fsp3) is 0.364. The van der Waals surface area contributed by atoms with Crippen molar-refractivity contribution in [3.63, 3.8) is 0 Å². The molecule has 2 N–H and O–H groups in total. The van der Waals surface area contributed by atoms with E-state index in [0.717, 1.165) is 0 Å². The van der Waals surface area contributed by atoms with Crippen LogP contribution in [0.4, 0.5) is 8.78 Å². The maximum absolute atomic E-state index is 12.0. The van der Waals surface area contributed by atoms with Gasteiger partial charge in [0.2, 0.25) is 0 Å². The van der Waals surface area contributed by atoms with Crippen LogP contribution in [0.25, 0.3) is 0 Å². The number of nitrogens with one attached hydrogen (secondary N) is 1. The van der Waals surface area contributed by atoms with Crippen LogP contribution >= 0.6 is 34.8 Å². The number of hydrogen-bond acceptors (Lipinski definition) is 3. The van der Waals surface area contributed by atoms with E-state index in [1.165, 1.54) is 12.1 Å². The second kappa shape index (κ2) is 7.83. The summed E-state index contributed by atoms with van der Waals surface area (Å²) >= 11 is 17.3. The van der Waals surface area contributed by atoms with E-state index in [1.807, 2.05) is 0 Å². The quantitative estimate of drug-likeness (QED) is 0.777. The van der Waals surface area contributed by atoms with Crippen molar-refractivity contribution in [2.75, 3.05) is 13.2 Å². The summed E-state index contributed by atoms with van der Waals surface area (Å²) in [5.74, 6) is -0.558. The number of carbonyl (C=O) groups excluding carboxylic acids is 1. The third-order valence-corrected chi connectivity index (χ3v) is 3.15. The molecule has 0 saturated heterocycles. The molecule has 0 fully saturated rings. The first-order valence-corrected chi connectivity index (χ1v) is 6.45. The van der Waals surface area contributed by atoms with Crippen LogP contribution in [-0.2, 0) is 4.79 Å². The molecule has 0 heterocycles. The lowest BCUT2D eigenvalue weighted by Crippen LogP contribution is -2.38. The predicted octanol–water partition coefficient (Wildman–Crippen LogP) is 2.77.